The monoisotopic (exact) mass is 349 g/mol. The van der Waals surface area contributed by atoms with E-state index in [0.717, 1.165) is 12.0 Å². The van der Waals surface area contributed by atoms with Crippen LogP contribution in [0.15, 0.2) is 24.3 Å². The van der Waals surface area contributed by atoms with Crippen molar-refractivity contribution in [1.82, 2.24) is 4.90 Å². The largest absolute Gasteiger partial charge is 0.480 e. The average Bonchev–Trinajstić information content (AvgIpc) is 2.88. The Bertz CT molecular complexity index is 604. The van der Waals surface area contributed by atoms with Crippen LogP contribution >= 0.6 is 11.8 Å². The molecule has 4 nitrogen and oxygen atoms in total. The molecule has 1 N–H and O–H groups in total. The van der Waals surface area contributed by atoms with Crippen LogP contribution in [0, 0.1) is 5.92 Å². The van der Waals surface area contributed by atoms with Crippen molar-refractivity contribution < 1.29 is 14.7 Å². The normalized spacial score (nSPS) is 21.3. The standard InChI is InChI=1S/C19H27NO3S/c1-12(2)10-16-20(15(11-24-16)18(22)23)17(21)13-6-8-14(9-7-13)19(3,4)5/h6-9,12,15-16H,10-11H2,1-5H3,(H,22,23)/t15-,16+/m0/s1. The molecule has 1 aromatic rings. The summed E-state index contributed by atoms with van der Waals surface area (Å²) in [6.45, 7) is 10.6. The van der Waals surface area contributed by atoms with Crippen LogP contribution in [-0.4, -0.2) is 39.1 Å². The van der Waals surface area contributed by atoms with Crippen LogP contribution in [-0.2, 0) is 10.2 Å². The first-order chi connectivity index (χ1) is 11.1. The van der Waals surface area contributed by atoms with Gasteiger partial charge in [-0.3, -0.25) is 4.79 Å². The molecule has 0 aromatic heterocycles. The minimum Gasteiger partial charge on any atom is -0.480 e. The molecule has 0 aliphatic carbocycles. The van der Waals surface area contributed by atoms with Crippen LogP contribution < -0.4 is 0 Å². The lowest BCUT2D eigenvalue weighted by Crippen LogP contribution is -2.46. The van der Waals surface area contributed by atoms with Crippen molar-refractivity contribution in [3.05, 3.63) is 35.4 Å². The van der Waals surface area contributed by atoms with Gasteiger partial charge in [0.25, 0.3) is 5.91 Å². The van der Waals surface area contributed by atoms with E-state index >= 15 is 0 Å². The summed E-state index contributed by atoms with van der Waals surface area (Å²) in [4.78, 5) is 26.1. The molecule has 1 aliphatic heterocycles. The van der Waals surface area contributed by atoms with Crippen molar-refractivity contribution in [2.45, 2.75) is 57.9 Å². The maximum atomic E-state index is 13.0. The number of carboxylic acid groups (broad SMARTS) is 1. The zero-order valence-corrected chi connectivity index (χ0v) is 15.9. The summed E-state index contributed by atoms with van der Waals surface area (Å²) in [5, 5.41) is 9.41. The van der Waals surface area contributed by atoms with Crippen LogP contribution in [0.4, 0.5) is 0 Å². The van der Waals surface area contributed by atoms with Gasteiger partial charge in [0.2, 0.25) is 0 Å². The number of carbonyl (C=O) groups is 2. The molecule has 0 bridgehead atoms. The Kier molecular flexibility index (Phi) is 5.63. The maximum absolute atomic E-state index is 13.0. The maximum Gasteiger partial charge on any atom is 0.327 e. The Morgan fingerprint density at radius 2 is 1.83 bits per heavy atom. The van der Waals surface area contributed by atoms with E-state index in [2.05, 4.69) is 34.6 Å². The number of carboxylic acids is 1. The lowest BCUT2D eigenvalue weighted by atomic mass is 9.86. The van der Waals surface area contributed by atoms with E-state index in [1.54, 1.807) is 16.7 Å². The molecular formula is C19H27NO3S. The van der Waals surface area contributed by atoms with Crippen molar-refractivity contribution in [2.75, 3.05) is 5.75 Å². The van der Waals surface area contributed by atoms with E-state index in [1.165, 1.54) is 0 Å². The number of benzene rings is 1. The first kappa shape index (κ1) is 18.8. The zero-order chi connectivity index (χ0) is 18.1. The molecule has 1 saturated heterocycles. The van der Waals surface area contributed by atoms with Gasteiger partial charge >= 0.3 is 5.97 Å². The zero-order valence-electron chi connectivity index (χ0n) is 15.1. The molecule has 132 valence electrons. The van der Waals surface area contributed by atoms with E-state index in [-0.39, 0.29) is 16.7 Å². The van der Waals surface area contributed by atoms with Gasteiger partial charge in [0.15, 0.2) is 0 Å². The lowest BCUT2D eigenvalue weighted by molar-refractivity contribution is -0.141. The van der Waals surface area contributed by atoms with E-state index in [4.69, 9.17) is 0 Å². The second-order valence-corrected chi connectivity index (χ2v) is 9.02. The van der Waals surface area contributed by atoms with Crippen LogP contribution in [0.2, 0.25) is 0 Å². The molecule has 2 atom stereocenters. The van der Waals surface area contributed by atoms with Crippen molar-refractivity contribution >= 4 is 23.6 Å². The van der Waals surface area contributed by atoms with E-state index in [0.29, 0.717) is 17.2 Å². The molecule has 0 unspecified atom stereocenters. The summed E-state index contributed by atoms with van der Waals surface area (Å²) < 4.78 is 0. The number of aliphatic carboxylic acids is 1. The van der Waals surface area contributed by atoms with Gasteiger partial charge in [0.1, 0.15) is 6.04 Å². The summed E-state index contributed by atoms with van der Waals surface area (Å²) in [6, 6.07) is 6.82. The second-order valence-electron chi connectivity index (χ2n) is 7.81. The molecular weight excluding hydrogens is 322 g/mol. The summed E-state index contributed by atoms with van der Waals surface area (Å²) in [5.41, 5.74) is 1.74. The predicted molar refractivity (Wildman–Crippen MR) is 98.4 cm³/mol. The number of hydrogen-bond donors (Lipinski definition) is 1. The van der Waals surface area contributed by atoms with Crippen LogP contribution in [0.25, 0.3) is 0 Å². The molecule has 1 heterocycles. The van der Waals surface area contributed by atoms with Crippen LogP contribution in [0.3, 0.4) is 0 Å². The smallest absolute Gasteiger partial charge is 0.327 e. The molecule has 0 spiro atoms. The van der Waals surface area contributed by atoms with E-state index in [9.17, 15) is 14.7 Å². The molecule has 0 radical (unpaired) electrons. The fourth-order valence-electron chi connectivity index (χ4n) is 2.87. The molecule has 24 heavy (non-hydrogen) atoms. The van der Waals surface area contributed by atoms with Gasteiger partial charge < -0.3 is 10.0 Å². The van der Waals surface area contributed by atoms with Crippen molar-refractivity contribution in [3.63, 3.8) is 0 Å². The van der Waals surface area contributed by atoms with Crippen LogP contribution in [0.5, 0.6) is 0 Å². The van der Waals surface area contributed by atoms with Crippen LogP contribution in [0.1, 0.15) is 57.0 Å². The highest BCUT2D eigenvalue weighted by molar-refractivity contribution is 8.00. The van der Waals surface area contributed by atoms with E-state index < -0.39 is 12.0 Å². The third-order valence-electron chi connectivity index (χ3n) is 4.28. The summed E-state index contributed by atoms with van der Waals surface area (Å²) in [7, 11) is 0. The number of carbonyl (C=O) groups excluding carboxylic acids is 1. The van der Waals surface area contributed by atoms with Gasteiger partial charge in [-0.05, 0) is 35.4 Å². The Morgan fingerprint density at radius 1 is 1.25 bits per heavy atom. The molecule has 5 heteroatoms. The molecule has 1 amide bonds. The number of amides is 1. The van der Waals surface area contributed by atoms with Gasteiger partial charge in [-0.2, -0.15) is 0 Å². The topological polar surface area (TPSA) is 57.6 Å². The second kappa shape index (κ2) is 7.18. The number of thioether (sulfide) groups is 1. The van der Waals surface area contributed by atoms with Gasteiger partial charge in [-0.25, -0.2) is 4.79 Å². The Morgan fingerprint density at radius 3 is 2.29 bits per heavy atom. The number of rotatable bonds is 4. The van der Waals surface area contributed by atoms with Gasteiger partial charge in [0.05, 0.1) is 5.37 Å². The highest BCUT2D eigenvalue weighted by Gasteiger charge is 2.42. The molecule has 2 rings (SSSR count). The Balaban J connectivity index is 2.27. The molecule has 1 aromatic carbocycles. The predicted octanol–water partition coefficient (Wildman–Crippen LogP) is 4.00. The van der Waals surface area contributed by atoms with Crippen molar-refractivity contribution in [2.24, 2.45) is 5.92 Å². The first-order valence-corrected chi connectivity index (χ1v) is 9.43. The molecule has 1 fully saturated rings. The quantitative estimate of drug-likeness (QED) is 0.893. The van der Waals surface area contributed by atoms with Crippen molar-refractivity contribution in [1.29, 1.82) is 0 Å². The van der Waals surface area contributed by atoms with Gasteiger partial charge in [-0.15, -0.1) is 11.8 Å². The average molecular weight is 349 g/mol. The molecule has 1 aliphatic rings. The summed E-state index contributed by atoms with van der Waals surface area (Å²) in [6.07, 6.45) is 0.806. The Labute approximate surface area is 148 Å². The highest BCUT2D eigenvalue weighted by atomic mass is 32.2. The van der Waals surface area contributed by atoms with E-state index in [1.807, 2.05) is 24.3 Å². The third-order valence-corrected chi connectivity index (χ3v) is 5.60. The number of nitrogens with zero attached hydrogens (tertiary/aromatic N) is 1. The Hall–Kier alpha value is -1.49. The minimum absolute atomic E-state index is 0.0227. The lowest BCUT2D eigenvalue weighted by Gasteiger charge is -2.28. The third kappa shape index (κ3) is 4.12. The van der Waals surface area contributed by atoms with Gasteiger partial charge in [-0.1, -0.05) is 46.8 Å². The van der Waals surface area contributed by atoms with Crippen molar-refractivity contribution in [3.8, 4) is 0 Å². The molecule has 0 saturated carbocycles. The SMILES string of the molecule is CC(C)C[C@H]1SC[C@@H](C(=O)O)N1C(=O)c1ccc(C(C)(C)C)cc1. The van der Waals surface area contributed by atoms with Gasteiger partial charge in [0, 0.05) is 11.3 Å². The highest BCUT2D eigenvalue weighted by Crippen LogP contribution is 2.35. The summed E-state index contributed by atoms with van der Waals surface area (Å²) >= 11 is 1.57. The fourth-order valence-corrected chi connectivity index (χ4v) is 4.50. The number of hydrogen-bond acceptors (Lipinski definition) is 3. The summed E-state index contributed by atoms with van der Waals surface area (Å²) in [5.74, 6) is -0.237. The fraction of sp³-hybridized carbons (Fsp3) is 0.579. The minimum atomic E-state index is -0.923. The first-order valence-electron chi connectivity index (χ1n) is 8.39.